The second-order valence-electron chi connectivity index (χ2n) is 9.88. The van der Waals surface area contributed by atoms with Crippen molar-refractivity contribution in [1.29, 1.82) is 0 Å². The zero-order chi connectivity index (χ0) is 22.9. The van der Waals surface area contributed by atoms with E-state index in [2.05, 4.69) is 32.9 Å². The molecule has 1 aromatic carbocycles. The molecule has 2 atom stereocenters. The Bertz CT molecular complexity index is 1310. The Balaban J connectivity index is 1.37. The molecule has 4 heterocycles. The van der Waals surface area contributed by atoms with Crippen molar-refractivity contribution in [3.8, 4) is 11.1 Å². The van der Waals surface area contributed by atoms with Crippen molar-refractivity contribution >= 4 is 28.2 Å². The molecular weight excluding hydrogens is 417 g/mol. The van der Waals surface area contributed by atoms with Gasteiger partial charge in [0.25, 0.3) is 0 Å². The molecule has 3 aromatic rings. The van der Waals surface area contributed by atoms with Crippen molar-refractivity contribution in [2.45, 2.75) is 13.0 Å². The summed E-state index contributed by atoms with van der Waals surface area (Å²) in [7, 11) is 5.69. The van der Waals surface area contributed by atoms with Crippen LogP contribution in [0.5, 0.6) is 0 Å². The van der Waals surface area contributed by atoms with Crippen LogP contribution in [-0.2, 0) is 11.3 Å². The van der Waals surface area contributed by atoms with Gasteiger partial charge in [0.05, 0.1) is 6.54 Å². The molecular formula is C26H28FN5O. The molecule has 2 aromatic heterocycles. The van der Waals surface area contributed by atoms with Gasteiger partial charge in [-0.15, -0.1) is 0 Å². The Hall–Kier alpha value is -3.19. The minimum atomic E-state index is -0.227. The highest BCUT2D eigenvalue weighted by molar-refractivity contribution is 6.02. The van der Waals surface area contributed by atoms with Gasteiger partial charge in [0.15, 0.2) is 0 Å². The summed E-state index contributed by atoms with van der Waals surface area (Å²) in [6.07, 6.45) is 5.21. The van der Waals surface area contributed by atoms with E-state index in [1.807, 2.05) is 26.2 Å². The highest BCUT2D eigenvalue weighted by Crippen LogP contribution is 2.46. The minimum Gasteiger partial charge on any atom is -0.370 e. The molecule has 170 valence electrons. The second-order valence-corrected chi connectivity index (χ2v) is 9.88. The van der Waals surface area contributed by atoms with Gasteiger partial charge in [0.2, 0.25) is 5.91 Å². The molecule has 7 heteroatoms. The molecule has 2 unspecified atom stereocenters. The molecule has 1 amide bonds. The molecule has 6 nitrogen and oxygen atoms in total. The Morgan fingerprint density at radius 3 is 2.88 bits per heavy atom. The van der Waals surface area contributed by atoms with Crippen molar-refractivity contribution in [3.05, 3.63) is 53.6 Å². The minimum absolute atomic E-state index is 0.160. The molecule has 1 N–H and O–H groups in total. The van der Waals surface area contributed by atoms with Crippen molar-refractivity contribution in [2.75, 3.05) is 45.7 Å². The number of anilines is 1. The van der Waals surface area contributed by atoms with Crippen LogP contribution in [0.3, 0.4) is 0 Å². The van der Waals surface area contributed by atoms with Gasteiger partial charge >= 0.3 is 0 Å². The van der Waals surface area contributed by atoms with Gasteiger partial charge in [-0.25, -0.2) is 9.37 Å². The van der Waals surface area contributed by atoms with Gasteiger partial charge in [-0.05, 0) is 53.7 Å². The fourth-order valence-electron chi connectivity index (χ4n) is 5.87. The molecule has 1 aliphatic carbocycles. The van der Waals surface area contributed by atoms with Gasteiger partial charge in [-0.2, -0.15) is 0 Å². The first-order valence-corrected chi connectivity index (χ1v) is 11.5. The first-order valence-electron chi connectivity index (χ1n) is 11.5. The van der Waals surface area contributed by atoms with Gasteiger partial charge in [-0.3, -0.25) is 9.69 Å². The van der Waals surface area contributed by atoms with E-state index in [4.69, 9.17) is 0 Å². The number of nitrogens with zero attached hydrogens (tertiary/aromatic N) is 4. The summed E-state index contributed by atoms with van der Waals surface area (Å²) in [5.74, 6) is 0.940. The number of hydrogen-bond acceptors (Lipinski definition) is 4. The average Bonchev–Trinajstić information content (AvgIpc) is 3.42. The number of H-pyrrole nitrogens is 1. The number of allylic oxidation sites excluding steroid dienone is 1. The maximum absolute atomic E-state index is 14.2. The number of carbonyl (C=O) groups excluding carboxylic acids is 1. The third-order valence-electron chi connectivity index (χ3n) is 7.50. The number of amides is 1. The summed E-state index contributed by atoms with van der Waals surface area (Å²) in [4.78, 5) is 26.5. The van der Waals surface area contributed by atoms with E-state index in [0.717, 1.165) is 59.6 Å². The topological polar surface area (TPSA) is 55.5 Å². The molecule has 3 aliphatic rings. The zero-order valence-electron chi connectivity index (χ0n) is 19.2. The lowest BCUT2D eigenvalue weighted by atomic mass is 9.97. The molecule has 2 aliphatic heterocycles. The van der Waals surface area contributed by atoms with Crippen LogP contribution in [0.4, 0.5) is 10.1 Å². The van der Waals surface area contributed by atoms with Gasteiger partial charge < -0.3 is 14.8 Å². The number of carbonyl (C=O) groups is 1. The highest BCUT2D eigenvalue weighted by atomic mass is 19.1. The van der Waals surface area contributed by atoms with E-state index in [-0.39, 0.29) is 11.7 Å². The van der Waals surface area contributed by atoms with E-state index in [1.54, 1.807) is 17.2 Å². The third kappa shape index (κ3) is 3.25. The molecule has 1 saturated heterocycles. The van der Waals surface area contributed by atoms with Crippen molar-refractivity contribution in [3.63, 3.8) is 0 Å². The fraction of sp³-hybridized carbons (Fsp3) is 0.385. The monoisotopic (exact) mass is 445 g/mol. The van der Waals surface area contributed by atoms with Crippen LogP contribution in [0.2, 0.25) is 0 Å². The fourth-order valence-corrected chi connectivity index (χ4v) is 5.87. The first-order chi connectivity index (χ1) is 15.9. The van der Waals surface area contributed by atoms with Gasteiger partial charge in [-0.1, -0.05) is 6.08 Å². The lowest BCUT2D eigenvalue weighted by Crippen LogP contribution is -2.35. The molecule has 0 saturated carbocycles. The van der Waals surface area contributed by atoms with Gasteiger partial charge in [0.1, 0.15) is 11.5 Å². The predicted molar refractivity (Wildman–Crippen MR) is 128 cm³/mol. The van der Waals surface area contributed by atoms with Crippen molar-refractivity contribution in [2.24, 2.45) is 11.8 Å². The van der Waals surface area contributed by atoms with Crippen molar-refractivity contribution in [1.82, 2.24) is 19.8 Å². The summed E-state index contributed by atoms with van der Waals surface area (Å²) >= 11 is 0. The van der Waals surface area contributed by atoms with Crippen molar-refractivity contribution < 1.29 is 9.18 Å². The largest absolute Gasteiger partial charge is 0.370 e. The Kier molecular flexibility index (Phi) is 4.59. The standard InChI is InChI=1S/C26H28FN5O/c1-30(2)23(33)14-32-11-16-8-15(9-17(16)12-32)25-21-13-31(3)22-5-4-18(27)10-20(22)19-6-7-28-26(29-25)24(19)21/h4-8,10,16-17H,9,11-14H2,1-3H3,(H,28,29). The van der Waals surface area contributed by atoms with E-state index >= 15 is 0 Å². The number of likely N-dealkylation sites (N-methyl/N-ethyl adjacent to an activating group) is 1. The van der Waals surface area contributed by atoms with Crippen LogP contribution in [0, 0.1) is 17.7 Å². The normalized spacial score (nSPS) is 21.7. The number of likely N-dealkylation sites (tertiary alicyclic amines) is 1. The Labute approximate surface area is 192 Å². The Morgan fingerprint density at radius 1 is 1.24 bits per heavy atom. The lowest BCUT2D eigenvalue weighted by molar-refractivity contribution is -0.129. The maximum atomic E-state index is 14.2. The van der Waals surface area contributed by atoms with Crippen LogP contribution >= 0.6 is 0 Å². The number of fused-ring (bicyclic) bond motifs is 3. The summed E-state index contributed by atoms with van der Waals surface area (Å²) in [6, 6.07) is 7.03. The van der Waals surface area contributed by atoms with E-state index < -0.39 is 0 Å². The summed E-state index contributed by atoms with van der Waals surface area (Å²) in [6.45, 7) is 3.11. The first kappa shape index (κ1) is 20.4. The number of halogens is 1. The quantitative estimate of drug-likeness (QED) is 0.667. The molecule has 1 fully saturated rings. The van der Waals surface area contributed by atoms with Gasteiger partial charge in [0, 0.05) is 74.9 Å². The summed E-state index contributed by atoms with van der Waals surface area (Å²) in [5.41, 5.74) is 7.57. The van der Waals surface area contributed by atoms with Crippen LogP contribution in [-0.4, -0.2) is 66.5 Å². The molecule has 0 spiro atoms. The summed E-state index contributed by atoms with van der Waals surface area (Å²) in [5, 5.41) is 1.10. The second kappa shape index (κ2) is 7.42. The smallest absolute Gasteiger partial charge is 0.236 e. The average molecular weight is 446 g/mol. The Morgan fingerprint density at radius 2 is 2.09 bits per heavy atom. The number of aromatic amines is 1. The maximum Gasteiger partial charge on any atom is 0.236 e. The number of hydrogen-bond donors (Lipinski definition) is 1. The molecule has 6 rings (SSSR count). The number of pyridine rings is 1. The highest BCUT2D eigenvalue weighted by Gasteiger charge is 2.38. The molecule has 0 bridgehead atoms. The third-order valence-corrected chi connectivity index (χ3v) is 7.50. The predicted octanol–water partition coefficient (Wildman–Crippen LogP) is 3.74. The molecule has 33 heavy (non-hydrogen) atoms. The van der Waals surface area contributed by atoms with Crippen LogP contribution in [0.25, 0.3) is 27.7 Å². The number of rotatable bonds is 3. The van der Waals surface area contributed by atoms with E-state index in [9.17, 15) is 9.18 Å². The number of benzene rings is 1. The zero-order valence-corrected chi connectivity index (χ0v) is 19.2. The van der Waals surface area contributed by atoms with Crippen LogP contribution in [0.1, 0.15) is 17.7 Å². The number of aromatic nitrogens is 2. The lowest BCUT2D eigenvalue weighted by Gasteiger charge is -2.21. The molecule has 0 radical (unpaired) electrons. The van der Waals surface area contributed by atoms with E-state index in [1.165, 1.54) is 17.2 Å². The van der Waals surface area contributed by atoms with E-state index in [0.29, 0.717) is 18.4 Å². The van der Waals surface area contributed by atoms with Crippen LogP contribution in [0.15, 0.2) is 36.5 Å². The number of nitrogens with one attached hydrogen (secondary N) is 1. The summed E-state index contributed by atoms with van der Waals surface area (Å²) < 4.78 is 14.2. The SMILES string of the molecule is CN(C)C(=O)CN1CC2C=C(c3[nH]c4nccc5c4c3CN(C)c3ccc(F)cc3-5)CC2C1. The van der Waals surface area contributed by atoms with Crippen LogP contribution < -0.4 is 4.90 Å².